The number of rotatable bonds is 2. The zero-order chi connectivity index (χ0) is 14.8. The highest BCUT2D eigenvalue weighted by Gasteiger charge is 1.90. The van der Waals surface area contributed by atoms with Crippen LogP contribution in [0.2, 0.25) is 0 Å². The summed E-state index contributed by atoms with van der Waals surface area (Å²) < 4.78 is 0. The summed E-state index contributed by atoms with van der Waals surface area (Å²) in [5.74, 6) is -0.0719. The minimum atomic E-state index is -0.0359. The Kier molecular flexibility index (Phi) is 6.54. The lowest BCUT2D eigenvalue weighted by Crippen LogP contribution is -2.04. The maximum Gasteiger partial charge on any atom is 0.221 e. The van der Waals surface area contributed by atoms with Crippen molar-refractivity contribution in [3.8, 4) is 0 Å². The summed E-state index contributed by atoms with van der Waals surface area (Å²) in [6, 6.07) is 18.7. The fraction of sp³-hybridized carbons (Fsp3) is 0.125. The van der Waals surface area contributed by atoms with Gasteiger partial charge in [0.05, 0.1) is 0 Å². The predicted octanol–water partition coefficient (Wildman–Crippen LogP) is 3.29. The fourth-order valence-corrected chi connectivity index (χ4v) is 1.45. The molecule has 0 atom stereocenters. The van der Waals surface area contributed by atoms with Gasteiger partial charge in [-0.1, -0.05) is 36.4 Å². The van der Waals surface area contributed by atoms with Crippen LogP contribution in [0.25, 0.3) is 0 Å². The third kappa shape index (κ3) is 6.96. The van der Waals surface area contributed by atoms with Crippen molar-refractivity contribution in [2.24, 2.45) is 0 Å². The van der Waals surface area contributed by atoms with Crippen LogP contribution in [0, 0.1) is 0 Å². The molecule has 4 nitrogen and oxygen atoms in total. The molecule has 4 heteroatoms. The van der Waals surface area contributed by atoms with Gasteiger partial charge in [-0.15, -0.1) is 0 Å². The smallest absolute Gasteiger partial charge is 0.221 e. The standard InChI is InChI=1S/2C8H9NO/c2*1-7(10)9-8-5-3-2-4-6-8/h2*2-6H,1H3,(H,9,10). The molecule has 2 aromatic rings. The van der Waals surface area contributed by atoms with E-state index in [0.717, 1.165) is 11.4 Å². The van der Waals surface area contributed by atoms with E-state index in [9.17, 15) is 9.59 Å². The largest absolute Gasteiger partial charge is 0.326 e. The van der Waals surface area contributed by atoms with E-state index in [4.69, 9.17) is 0 Å². The van der Waals surface area contributed by atoms with Gasteiger partial charge >= 0.3 is 0 Å². The monoisotopic (exact) mass is 270 g/mol. The number of para-hydroxylation sites is 2. The number of amides is 2. The Balaban J connectivity index is 0.000000200. The maximum atomic E-state index is 10.5. The number of anilines is 2. The van der Waals surface area contributed by atoms with Gasteiger partial charge in [0.1, 0.15) is 0 Å². The zero-order valence-corrected chi connectivity index (χ0v) is 11.6. The molecule has 2 N–H and O–H groups in total. The van der Waals surface area contributed by atoms with Crippen LogP contribution in [-0.4, -0.2) is 11.8 Å². The highest BCUT2D eigenvalue weighted by atomic mass is 16.2. The summed E-state index contributed by atoms with van der Waals surface area (Å²) in [5.41, 5.74) is 1.69. The lowest BCUT2D eigenvalue weighted by atomic mass is 10.3. The van der Waals surface area contributed by atoms with Crippen molar-refractivity contribution in [1.82, 2.24) is 0 Å². The van der Waals surface area contributed by atoms with E-state index in [0.29, 0.717) is 0 Å². The van der Waals surface area contributed by atoms with Gasteiger partial charge in [0, 0.05) is 25.2 Å². The summed E-state index contributed by atoms with van der Waals surface area (Å²) in [5, 5.41) is 5.33. The molecule has 0 fully saturated rings. The molecule has 20 heavy (non-hydrogen) atoms. The van der Waals surface area contributed by atoms with Gasteiger partial charge in [-0.2, -0.15) is 0 Å². The van der Waals surface area contributed by atoms with Crippen molar-refractivity contribution >= 4 is 23.2 Å². The average Bonchev–Trinajstić information content (AvgIpc) is 2.40. The molecule has 0 saturated carbocycles. The molecule has 0 unspecified atom stereocenters. The molecule has 0 aromatic heterocycles. The van der Waals surface area contributed by atoms with Gasteiger partial charge in [-0.3, -0.25) is 9.59 Å². The summed E-state index contributed by atoms with van der Waals surface area (Å²) in [7, 11) is 0. The molecular weight excluding hydrogens is 252 g/mol. The molecule has 2 aromatic carbocycles. The summed E-state index contributed by atoms with van der Waals surface area (Å²) in [4.78, 5) is 21.0. The first-order valence-electron chi connectivity index (χ1n) is 6.23. The van der Waals surface area contributed by atoms with E-state index in [1.165, 1.54) is 13.8 Å². The second-order valence-corrected chi connectivity index (χ2v) is 4.09. The van der Waals surface area contributed by atoms with E-state index in [-0.39, 0.29) is 11.8 Å². The van der Waals surface area contributed by atoms with Gasteiger partial charge in [0.2, 0.25) is 11.8 Å². The molecule has 0 bridgehead atoms. The molecule has 104 valence electrons. The van der Waals surface area contributed by atoms with Crippen molar-refractivity contribution in [3.05, 3.63) is 60.7 Å². The predicted molar refractivity (Wildman–Crippen MR) is 81.5 cm³/mol. The van der Waals surface area contributed by atoms with E-state index < -0.39 is 0 Å². The maximum absolute atomic E-state index is 10.5. The van der Waals surface area contributed by atoms with Crippen LogP contribution >= 0.6 is 0 Å². The van der Waals surface area contributed by atoms with Crippen LogP contribution in [0.4, 0.5) is 11.4 Å². The van der Waals surface area contributed by atoms with Crippen LogP contribution in [-0.2, 0) is 9.59 Å². The van der Waals surface area contributed by atoms with Gasteiger partial charge in [0.15, 0.2) is 0 Å². The van der Waals surface area contributed by atoms with Crippen LogP contribution in [0.3, 0.4) is 0 Å². The molecule has 0 saturated heterocycles. The Morgan fingerprint density at radius 1 is 0.650 bits per heavy atom. The molecule has 0 aliphatic carbocycles. The highest BCUT2D eigenvalue weighted by molar-refractivity contribution is 5.88. The topological polar surface area (TPSA) is 58.2 Å². The molecule has 0 radical (unpaired) electrons. The van der Waals surface area contributed by atoms with Gasteiger partial charge < -0.3 is 10.6 Å². The first kappa shape index (κ1) is 15.4. The minimum absolute atomic E-state index is 0.0359. The lowest BCUT2D eigenvalue weighted by Gasteiger charge is -1.98. The number of benzene rings is 2. The van der Waals surface area contributed by atoms with Crippen LogP contribution in [0.1, 0.15) is 13.8 Å². The Hall–Kier alpha value is -2.62. The van der Waals surface area contributed by atoms with Crippen LogP contribution in [0.5, 0.6) is 0 Å². The van der Waals surface area contributed by atoms with Crippen molar-refractivity contribution in [1.29, 1.82) is 0 Å². The Labute approximate surface area is 118 Å². The third-order valence-corrected chi connectivity index (χ3v) is 2.19. The fourth-order valence-electron chi connectivity index (χ4n) is 1.45. The van der Waals surface area contributed by atoms with Gasteiger partial charge in [0.25, 0.3) is 0 Å². The second-order valence-electron chi connectivity index (χ2n) is 4.09. The first-order valence-corrected chi connectivity index (χ1v) is 6.23. The summed E-state index contributed by atoms with van der Waals surface area (Å²) in [6.45, 7) is 2.99. The normalized spacial score (nSPS) is 8.90. The number of carbonyl (C=O) groups is 2. The minimum Gasteiger partial charge on any atom is -0.326 e. The van der Waals surface area contributed by atoms with Crippen molar-refractivity contribution in [2.75, 3.05) is 10.6 Å². The molecule has 2 amide bonds. The molecule has 0 aliphatic heterocycles. The highest BCUT2D eigenvalue weighted by Crippen LogP contribution is 2.04. The quantitative estimate of drug-likeness (QED) is 0.879. The molecule has 0 spiro atoms. The van der Waals surface area contributed by atoms with Crippen molar-refractivity contribution < 1.29 is 9.59 Å². The Morgan fingerprint density at radius 2 is 0.950 bits per heavy atom. The van der Waals surface area contributed by atoms with Crippen molar-refractivity contribution in [2.45, 2.75) is 13.8 Å². The SMILES string of the molecule is CC(=O)Nc1ccccc1.CC(=O)Nc1ccccc1. The van der Waals surface area contributed by atoms with Crippen molar-refractivity contribution in [3.63, 3.8) is 0 Å². The number of hydrogen-bond donors (Lipinski definition) is 2. The first-order chi connectivity index (χ1) is 9.58. The second kappa shape index (κ2) is 8.48. The Morgan fingerprint density at radius 3 is 1.20 bits per heavy atom. The summed E-state index contributed by atoms with van der Waals surface area (Å²) in [6.07, 6.45) is 0. The van der Waals surface area contributed by atoms with Gasteiger partial charge in [-0.25, -0.2) is 0 Å². The van der Waals surface area contributed by atoms with Crippen LogP contribution in [0.15, 0.2) is 60.7 Å². The third-order valence-electron chi connectivity index (χ3n) is 2.19. The number of hydrogen-bond acceptors (Lipinski definition) is 2. The van der Waals surface area contributed by atoms with E-state index >= 15 is 0 Å². The molecule has 0 aliphatic rings. The van der Waals surface area contributed by atoms with E-state index in [1.54, 1.807) is 0 Å². The lowest BCUT2D eigenvalue weighted by molar-refractivity contribution is -0.115. The van der Waals surface area contributed by atoms with E-state index in [1.807, 2.05) is 60.7 Å². The summed E-state index contributed by atoms with van der Waals surface area (Å²) >= 11 is 0. The average molecular weight is 270 g/mol. The van der Waals surface area contributed by atoms with Gasteiger partial charge in [-0.05, 0) is 24.3 Å². The zero-order valence-electron chi connectivity index (χ0n) is 11.6. The molecule has 2 rings (SSSR count). The molecule has 0 heterocycles. The van der Waals surface area contributed by atoms with E-state index in [2.05, 4.69) is 10.6 Å². The Bertz CT molecular complexity index is 487. The molecular formula is C16H18N2O2. The number of carbonyl (C=O) groups excluding carboxylic acids is 2. The number of nitrogens with one attached hydrogen (secondary N) is 2. The van der Waals surface area contributed by atoms with Crippen LogP contribution < -0.4 is 10.6 Å².